The van der Waals surface area contributed by atoms with Gasteiger partial charge >= 0.3 is 0 Å². The van der Waals surface area contributed by atoms with Crippen molar-refractivity contribution >= 4 is 38.9 Å². The van der Waals surface area contributed by atoms with Crippen LogP contribution in [0.2, 0.25) is 0 Å². The molecule has 0 aliphatic carbocycles. The second kappa shape index (κ2) is 6.96. The lowest BCUT2D eigenvalue weighted by Crippen LogP contribution is -2.23. The van der Waals surface area contributed by atoms with Gasteiger partial charge in [-0.1, -0.05) is 58.4 Å². The van der Waals surface area contributed by atoms with Gasteiger partial charge in [0.1, 0.15) is 0 Å². The summed E-state index contributed by atoms with van der Waals surface area (Å²) in [4.78, 5) is 15.3. The minimum Gasteiger partial charge on any atom is -0.344 e. The largest absolute Gasteiger partial charge is 0.344 e. The third kappa shape index (κ3) is 3.13. The molecule has 1 N–H and O–H groups in total. The molecule has 0 bridgehead atoms. The molecule has 26 heavy (non-hydrogen) atoms. The number of nitrogens with one attached hydrogen (secondary N) is 1. The molecule has 3 aromatic carbocycles. The van der Waals surface area contributed by atoms with E-state index in [4.69, 9.17) is 0 Å². The van der Waals surface area contributed by atoms with Gasteiger partial charge in [-0.05, 0) is 47.9 Å². The number of para-hydroxylation sites is 2. The van der Waals surface area contributed by atoms with E-state index in [2.05, 4.69) is 57.5 Å². The summed E-state index contributed by atoms with van der Waals surface area (Å²) in [6, 6.07) is 24.1. The van der Waals surface area contributed by atoms with Crippen molar-refractivity contribution in [1.29, 1.82) is 0 Å². The third-order valence-electron chi connectivity index (χ3n) is 4.86. The van der Waals surface area contributed by atoms with E-state index < -0.39 is 0 Å². The zero-order valence-electron chi connectivity index (χ0n) is 14.4. The van der Waals surface area contributed by atoms with Gasteiger partial charge in [-0.25, -0.2) is 0 Å². The fraction of sp³-hybridized carbons (Fsp3) is 0.136. The smallest absolute Gasteiger partial charge is 0.232 e. The van der Waals surface area contributed by atoms with E-state index >= 15 is 0 Å². The SMILES string of the molecule is CN1c2ccccc2C[C@H](C(=O)Nc2cccc(Br)c2)c2ccccc21. The first-order valence-corrected chi connectivity index (χ1v) is 9.40. The van der Waals surface area contributed by atoms with Crippen molar-refractivity contribution in [2.45, 2.75) is 12.3 Å². The summed E-state index contributed by atoms with van der Waals surface area (Å²) in [5, 5.41) is 3.08. The first-order valence-electron chi connectivity index (χ1n) is 8.60. The van der Waals surface area contributed by atoms with Crippen molar-refractivity contribution in [3.8, 4) is 0 Å². The van der Waals surface area contributed by atoms with Crippen LogP contribution in [0, 0.1) is 0 Å². The standard InChI is InChI=1S/C22H19BrN2O/c1-25-20-11-4-2-7-15(20)13-19(18-10-3-5-12-21(18)25)22(26)24-17-9-6-8-16(23)14-17/h2-12,14,19H,13H2,1H3,(H,24,26)/t19-/m0/s1. The zero-order chi connectivity index (χ0) is 18.1. The van der Waals surface area contributed by atoms with E-state index in [9.17, 15) is 4.79 Å². The molecule has 1 amide bonds. The van der Waals surface area contributed by atoms with E-state index in [1.54, 1.807) is 0 Å². The molecular formula is C22H19BrN2O. The quantitative estimate of drug-likeness (QED) is 0.609. The minimum atomic E-state index is -0.240. The van der Waals surface area contributed by atoms with Crippen molar-refractivity contribution in [1.82, 2.24) is 0 Å². The predicted molar refractivity (Wildman–Crippen MR) is 110 cm³/mol. The van der Waals surface area contributed by atoms with E-state index in [1.807, 2.05) is 48.5 Å². The Kier molecular flexibility index (Phi) is 4.51. The van der Waals surface area contributed by atoms with Crippen LogP contribution < -0.4 is 10.2 Å². The molecule has 0 fully saturated rings. The lowest BCUT2D eigenvalue weighted by Gasteiger charge is -2.22. The molecule has 1 aliphatic rings. The fourth-order valence-electron chi connectivity index (χ4n) is 3.59. The number of benzene rings is 3. The number of nitrogens with zero attached hydrogens (tertiary/aromatic N) is 1. The number of halogens is 1. The Balaban J connectivity index is 1.75. The van der Waals surface area contributed by atoms with E-state index in [-0.39, 0.29) is 11.8 Å². The number of hydrogen-bond donors (Lipinski definition) is 1. The molecule has 0 saturated heterocycles. The molecule has 4 rings (SSSR count). The Hall–Kier alpha value is -2.59. The highest BCUT2D eigenvalue weighted by Gasteiger charge is 2.29. The van der Waals surface area contributed by atoms with Crippen LogP contribution in [0.1, 0.15) is 17.0 Å². The summed E-state index contributed by atoms with van der Waals surface area (Å²) in [7, 11) is 2.06. The fourth-order valence-corrected chi connectivity index (χ4v) is 3.99. The van der Waals surface area contributed by atoms with Gasteiger partial charge in [0.15, 0.2) is 0 Å². The van der Waals surface area contributed by atoms with Gasteiger partial charge in [-0.2, -0.15) is 0 Å². The van der Waals surface area contributed by atoms with Crippen LogP contribution >= 0.6 is 15.9 Å². The number of rotatable bonds is 2. The summed E-state index contributed by atoms with van der Waals surface area (Å²) in [5.74, 6) is -0.225. The highest BCUT2D eigenvalue weighted by Crippen LogP contribution is 2.40. The summed E-state index contributed by atoms with van der Waals surface area (Å²) in [5.41, 5.74) is 5.26. The molecule has 3 aromatic rings. The molecule has 1 atom stereocenters. The predicted octanol–water partition coefficient (Wildman–Crippen LogP) is 5.50. The highest BCUT2D eigenvalue weighted by atomic mass is 79.9. The van der Waals surface area contributed by atoms with Gasteiger partial charge in [-0.3, -0.25) is 4.79 Å². The average Bonchev–Trinajstić information content (AvgIpc) is 2.77. The highest BCUT2D eigenvalue weighted by molar-refractivity contribution is 9.10. The maximum absolute atomic E-state index is 13.2. The summed E-state index contributed by atoms with van der Waals surface area (Å²) >= 11 is 3.46. The van der Waals surface area contributed by atoms with Crippen molar-refractivity contribution in [3.05, 3.63) is 88.4 Å². The maximum atomic E-state index is 13.2. The first-order chi connectivity index (χ1) is 12.6. The second-order valence-corrected chi connectivity index (χ2v) is 7.42. The summed E-state index contributed by atoms with van der Waals surface area (Å²) in [6.07, 6.45) is 0.678. The summed E-state index contributed by atoms with van der Waals surface area (Å²) < 4.78 is 0.946. The molecule has 1 aliphatic heterocycles. The van der Waals surface area contributed by atoms with Gasteiger partial charge in [0.2, 0.25) is 5.91 Å². The van der Waals surface area contributed by atoms with Gasteiger partial charge in [0, 0.05) is 28.6 Å². The Morgan fingerprint density at radius 3 is 2.54 bits per heavy atom. The van der Waals surface area contributed by atoms with Crippen molar-refractivity contribution in [2.24, 2.45) is 0 Å². The van der Waals surface area contributed by atoms with Gasteiger partial charge in [0.05, 0.1) is 5.92 Å². The monoisotopic (exact) mass is 406 g/mol. The minimum absolute atomic E-state index is 0.0145. The lowest BCUT2D eigenvalue weighted by molar-refractivity contribution is -0.117. The topological polar surface area (TPSA) is 32.3 Å². The Labute approximate surface area is 161 Å². The average molecular weight is 407 g/mol. The molecule has 130 valence electrons. The van der Waals surface area contributed by atoms with E-state index in [0.717, 1.165) is 27.1 Å². The van der Waals surface area contributed by atoms with E-state index in [0.29, 0.717) is 6.42 Å². The molecule has 0 radical (unpaired) electrons. The third-order valence-corrected chi connectivity index (χ3v) is 5.35. The number of hydrogen-bond acceptors (Lipinski definition) is 2. The van der Waals surface area contributed by atoms with Crippen LogP contribution in [0.3, 0.4) is 0 Å². The van der Waals surface area contributed by atoms with Gasteiger partial charge < -0.3 is 10.2 Å². The van der Waals surface area contributed by atoms with Crippen LogP contribution in [0.4, 0.5) is 17.1 Å². The van der Waals surface area contributed by atoms with Crippen LogP contribution in [0.25, 0.3) is 0 Å². The molecule has 0 aromatic heterocycles. The maximum Gasteiger partial charge on any atom is 0.232 e. The Bertz CT molecular complexity index is 970. The number of amides is 1. The first kappa shape index (κ1) is 16.9. The molecule has 3 nitrogen and oxygen atoms in total. The van der Waals surface area contributed by atoms with Gasteiger partial charge in [0.25, 0.3) is 0 Å². The molecule has 0 spiro atoms. The van der Waals surface area contributed by atoms with Crippen molar-refractivity contribution in [3.63, 3.8) is 0 Å². The Morgan fingerprint density at radius 1 is 1.00 bits per heavy atom. The van der Waals surface area contributed by atoms with Gasteiger partial charge in [-0.15, -0.1) is 0 Å². The van der Waals surface area contributed by atoms with Crippen molar-refractivity contribution < 1.29 is 4.79 Å². The number of carbonyl (C=O) groups excluding carboxylic acids is 1. The van der Waals surface area contributed by atoms with Crippen molar-refractivity contribution in [2.75, 3.05) is 17.3 Å². The number of carbonyl (C=O) groups is 1. The summed E-state index contributed by atoms with van der Waals surface area (Å²) in [6.45, 7) is 0. The molecule has 0 unspecified atom stereocenters. The molecule has 1 heterocycles. The number of anilines is 3. The normalized spacial score (nSPS) is 15.6. The van der Waals surface area contributed by atoms with Crippen LogP contribution in [-0.4, -0.2) is 13.0 Å². The molecular weight excluding hydrogens is 388 g/mol. The molecule has 0 saturated carbocycles. The van der Waals surface area contributed by atoms with Crippen LogP contribution in [-0.2, 0) is 11.2 Å². The van der Waals surface area contributed by atoms with Crippen LogP contribution in [0.15, 0.2) is 77.3 Å². The van der Waals surface area contributed by atoms with Crippen LogP contribution in [0.5, 0.6) is 0 Å². The molecule has 4 heteroatoms. The zero-order valence-corrected chi connectivity index (χ0v) is 16.0. The second-order valence-electron chi connectivity index (χ2n) is 6.50. The Morgan fingerprint density at radius 2 is 1.73 bits per heavy atom. The lowest BCUT2D eigenvalue weighted by atomic mass is 9.91. The van der Waals surface area contributed by atoms with E-state index in [1.165, 1.54) is 5.56 Å². The number of fused-ring (bicyclic) bond motifs is 2.